The number of nitrogens with zero attached hydrogens (tertiary/aromatic N) is 2. The van der Waals surface area contributed by atoms with Crippen LogP contribution in [0.1, 0.15) is 25.7 Å². The van der Waals surface area contributed by atoms with E-state index in [1.165, 1.54) is 0 Å². The predicted octanol–water partition coefficient (Wildman–Crippen LogP) is 1.58. The number of rotatable bonds is 3. The summed E-state index contributed by atoms with van der Waals surface area (Å²) in [5, 5.41) is 12.4. The van der Waals surface area contributed by atoms with E-state index in [4.69, 9.17) is 0 Å². The van der Waals surface area contributed by atoms with Crippen LogP contribution < -0.4 is 5.32 Å². The molecule has 1 aromatic heterocycles. The maximum atomic E-state index is 12.6. The molecule has 0 amide bonds. The Hall–Kier alpha value is -1.23. The molecule has 1 aliphatic rings. The Morgan fingerprint density at radius 2 is 2.00 bits per heavy atom. The van der Waals surface area contributed by atoms with Crippen LogP contribution in [0.3, 0.4) is 0 Å². The van der Waals surface area contributed by atoms with Crippen molar-refractivity contribution >= 4 is 5.95 Å². The van der Waals surface area contributed by atoms with Crippen LogP contribution in [0, 0.1) is 11.7 Å². The molecule has 88 valence electrons. The molecule has 0 spiro atoms. The topological polar surface area (TPSA) is 58.0 Å². The molecule has 5 heteroatoms. The lowest BCUT2D eigenvalue weighted by molar-refractivity contribution is 0.178. The van der Waals surface area contributed by atoms with Gasteiger partial charge in [-0.2, -0.15) is 0 Å². The third-order valence-electron chi connectivity index (χ3n) is 3.08. The van der Waals surface area contributed by atoms with E-state index in [1.807, 2.05) is 0 Å². The summed E-state index contributed by atoms with van der Waals surface area (Å²) >= 11 is 0. The number of hydrogen-bond acceptors (Lipinski definition) is 4. The molecular formula is C11H16FN3O. The number of aliphatic hydroxyl groups excluding tert-OH is 1. The second-order valence-electron chi connectivity index (χ2n) is 4.20. The first-order valence-corrected chi connectivity index (χ1v) is 5.64. The molecular weight excluding hydrogens is 209 g/mol. The first-order chi connectivity index (χ1) is 7.79. The monoisotopic (exact) mass is 225 g/mol. The lowest BCUT2D eigenvalue weighted by atomic mass is 9.85. The van der Waals surface area contributed by atoms with E-state index in [0.717, 1.165) is 38.1 Å². The molecule has 1 heterocycles. The van der Waals surface area contributed by atoms with Gasteiger partial charge in [-0.15, -0.1) is 0 Å². The van der Waals surface area contributed by atoms with Crippen molar-refractivity contribution in [2.24, 2.45) is 5.92 Å². The standard InChI is InChI=1S/C11H16FN3O/c12-9-5-13-11(14-6-9)15-10-4-2-1-3-8(10)7-16/h5-6,8,10,16H,1-4,7H2,(H,13,14,15). The van der Waals surface area contributed by atoms with Crippen molar-refractivity contribution in [2.45, 2.75) is 31.7 Å². The highest BCUT2D eigenvalue weighted by Crippen LogP contribution is 2.25. The molecule has 2 rings (SSSR count). The van der Waals surface area contributed by atoms with Crippen LogP contribution >= 0.6 is 0 Å². The Morgan fingerprint density at radius 1 is 1.31 bits per heavy atom. The summed E-state index contributed by atoms with van der Waals surface area (Å²) in [6, 6.07) is 0.198. The fourth-order valence-corrected chi connectivity index (χ4v) is 2.17. The maximum Gasteiger partial charge on any atom is 0.223 e. The third kappa shape index (κ3) is 2.66. The van der Waals surface area contributed by atoms with E-state index in [9.17, 15) is 9.50 Å². The molecule has 1 fully saturated rings. The van der Waals surface area contributed by atoms with Crippen molar-refractivity contribution in [1.29, 1.82) is 0 Å². The van der Waals surface area contributed by atoms with Gasteiger partial charge < -0.3 is 10.4 Å². The molecule has 0 saturated heterocycles. The number of aromatic nitrogens is 2. The maximum absolute atomic E-state index is 12.6. The molecule has 16 heavy (non-hydrogen) atoms. The fraction of sp³-hybridized carbons (Fsp3) is 0.636. The minimum absolute atomic E-state index is 0.179. The Bertz CT molecular complexity index is 331. The van der Waals surface area contributed by atoms with Crippen molar-refractivity contribution < 1.29 is 9.50 Å². The van der Waals surface area contributed by atoms with E-state index < -0.39 is 5.82 Å². The lowest BCUT2D eigenvalue weighted by Crippen LogP contribution is -2.34. The van der Waals surface area contributed by atoms with Gasteiger partial charge in [0, 0.05) is 18.6 Å². The molecule has 1 aromatic rings. The van der Waals surface area contributed by atoms with Gasteiger partial charge in [0.2, 0.25) is 5.95 Å². The fourth-order valence-electron chi connectivity index (χ4n) is 2.17. The number of aliphatic hydroxyl groups is 1. The highest BCUT2D eigenvalue weighted by atomic mass is 19.1. The van der Waals surface area contributed by atoms with E-state index >= 15 is 0 Å². The van der Waals surface area contributed by atoms with Gasteiger partial charge in [0.1, 0.15) is 0 Å². The van der Waals surface area contributed by atoms with Gasteiger partial charge in [0.05, 0.1) is 12.4 Å². The number of nitrogens with one attached hydrogen (secondary N) is 1. The van der Waals surface area contributed by atoms with Gasteiger partial charge in [-0.25, -0.2) is 14.4 Å². The quantitative estimate of drug-likeness (QED) is 0.820. The first-order valence-electron chi connectivity index (χ1n) is 5.64. The molecule has 0 aromatic carbocycles. The average Bonchev–Trinajstić information content (AvgIpc) is 2.33. The Labute approximate surface area is 93.9 Å². The Morgan fingerprint density at radius 3 is 2.69 bits per heavy atom. The van der Waals surface area contributed by atoms with Crippen molar-refractivity contribution in [2.75, 3.05) is 11.9 Å². The summed E-state index contributed by atoms with van der Waals surface area (Å²) in [6.45, 7) is 0.179. The molecule has 1 saturated carbocycles. The SMILES string of the molecule is OCC1CCCCC1Nc1ncc(F)cn1. The van der Waals surface area contributed by atoms with Gasteiger partial charge in [-0.05, 0) is 12.8 Å². The van der Waals surface area contributed by atoms with Crippen molar-refractivity contribution in [1.82, 2.24) is 9.97 Å². The normalized spacial score (nSPS) is 25.4. The second-order valence-corrected chi connectivity index (χ2v) is 4.20. The van der Waals surface area contributed by atoms with Crippen LogP contribution in [0.4, 0.5) is 10.3 Å². The van der Waals surface area contributed by atoms with Gasteiger partial charge >= 0.3 is 0 Å². The Balaban J connectivity index is 1.99. The van der Waals surface area contributed by atoms with Crippen LogP contribution in [-0.2, 0) is 0 Å². The average molecular weight is 225 g/mol. The van der Waals surface area contributed by atoms with Crippen molar-refractivity contribution in [3.63, 3.8) is 0 Å². The number of anilines is 1. The van der Waals surface area contributed by atoms with E-state index in [2.05, 4.69) is 15.3 Å². The van der Waals surface area contributed by atoms with E-state index in [-0.39, 0.29) is 18.6 Å². The van der Waals surface area contributed by atoms with E-state index in [1.54, 1.807) is 0 Å². The summed E-state index contributed by atoms with van der Waals surface area (Å²) in [4.78, 5) is 7.72. The van der Waals surface area contributed by atoms with E-state index in [0.29, 0.717) is 5.95 Å². The zero-order chi connectivity index (χ0) is 11.4. The summed E-state index contributed by atoms with van der Waals surface area (Å²) in [6.07, 6.45) is 6.63. The molecule has 0 radical (unpaired) electrons. The Kier molecular flexibility index (Phi) is 3.66. The number of halogens is 1. The highest BCUT2D eigenvalue weighted by molar-refractivity contribution is 5.25. The second kappa shape index (κ2) is 5.21. The van der Waals surface area contributed by atoms with Crippen LogP contribution in [0.15, 0.2) is 12.4 Å². The van der Waals surface area contributed by atoms with Crippen molar-refractivity contribution in [3.8, 4) is 0 Å². The largest absolute Gasteiger partial charge is 0.396 e. The van der Waals surface area contributed by atoms with Crippen LogP contribution in [0.2, 0.25) is 0 Å². The minimum Gasteiger partial charge on any atom is -0.396 e. The summed E-state index contributed by atoms with van der Waals surface area (Å²) < 4.78 is 12.6. The molecule has 4 nitrogen and oxygen atoms in total. The molecule has 0 aliphatic heterocycles. The van der Waals surface area contributed by atoms with Gasteiger partial charge in [-0.1, -0.05) is 12.8 Å². The molecule has 2 atom stereocenters. The number of hydrogen-bond donors (Lipinski definition) is 2. The molecule has 2 N–H and O–H groups in total. The smallest absolute Gasteiger partial charge is 0.223 e. The van der Waals surface area contributed by atoms with Crippen LogP contribution in [-0.4, -0.2) is 27.7 Å². The summed E-state index contributed by atoms with van der Waals surface area (Å²) in [5.74, 6) is 0.252. The molecule has 1 aliphatic carbocycles. The molecule has 0 bridgehead atoms. The van der Waals surface area contributed by atoms with Crippen LogP contribution in [0.5, 0.6) is 0 Å². The zero-order valence-corrected chi connectivity index (χ0v) is 9.06. The summed E-state index contributed by atoms with van der Waals surface area (Å²) in [7, 11) is 0. The van der Waals surface area contributed by atoms with Gasteiger partial charge in [-0.3, -0.25) is 0 Å². The third-order valence-corrected chi connectivity index (χ3v) is 3.08. The van der Waals surface area contributed by atoms with Crippen molar-refractivity contribution in [3.05, 3.63) is 18.2 Å². The first kappa shape index (κ1) is 11.3. The molecule has 2 unspecified atom stereocenters. The zero-order valence-electron chi connectivity index (χ0n) is 9.06. The highest BCUT2D eigenvalue weighted by Gasteiger charge is 2.24. The van der Waals surface area contributed by atoms with Crippen LogP contribution in [0.25, 0.3) is 0 Å². The van der Waals surface area contributed by atoms with Gasteiger partial charge in [0.25, 0.3) is 0 Å². The minimum atomic E-state index is -0.437. The lowest BCUT2D eigenvalue weighted by Gasteiger charge is -2.30. The summed E-state index contributed by atoms with van der Waals surface area (Å²) in [5.41, 5.74) is 0. The van der Waals surface area contributed by atoms with Gasteiger partial charge in [0.15, 0.2) is 5.82 Å². The predicted molar refractivity (Wildman–Crippen MR) is 58.4 cm³/mol.